The van der Waals surface area contributed by atoms with E-state index in [1.54, 1.807) is 36.4 Å². The highest BCUT2D eigenvalue weighted by Gasteiger charge is 2.14. The van der Waals surface area contributed by atoms with Gasteiger partial charge in [0.15, 0.2) is 5.78 Å². The minimum atomic E-state index is -1.65. The SMILES string of the molecule is O=C(CS(=O)c1ccccc1F)c1ccccc1. The standard InChI is InChI=1S/C14H11FO2S/c15-12-8-4-5-9-14(12)18(17)10-13(16)11-6-2-1-3-7-11/h1-9H,10H2. The summed E-state index contributed by atoms with van der Waals surface area (Å²) in [6.07, 6.45) is 0. The molecule has 0 spiro atoms. The van der Waals surface area contributed by atoms with Gasteiger partial charge in [0.05, 0.1) is 21.4 Å². The summed E-state index contributed by atoms with van der Waals surface area (Å²) < 4.78 is 25.3. The number of carbonyl (C=O) groups is 1. The third kappa shape index (κ3) is 2.90. The Morgan fingerprint density at radius 2 is 1.61 bits per heavy atom. The van der Waals surface area contributed by atoms with E-state index in [1.807, 2.05) is 0 Å². The van der Waals surface area contributed by atoms with Gasteiger partial charge < -0.3 is 0 Å². The molecule has 0 aliphatic rings. The molecule has 0 heterocycles. The Bertz CT molecular complexity index is 581. The summed E-state index contributed by atoms with van der Waals surface area (Å²) in [6.45, 7) is 0. The van der Waals surface area contributed by atoms with E-state index in [2.05, 4.69) is 0 Å². The summed E-state index contributed by atoms with van der Waals surface area (Å²) in [5.74, 6) is -1.00. The van der Waals surface area contributed by atoms with Crippen LogP contribution in [-0.4, -0.2) is 15.7 Å². The molecular weight excluding hydrogens is 251 g/mol. The zero-order valence-corrected chi connectivity index (χ0v) is 10.3. The van der Waals surface area contributed by atoms with Crippen LogP contribution >= 0.6 is 0 Å². The first-order chi connectivity index (χ1) is 8.68. The maximum atomic E-state index is 13.4. The molecule has 4 heteroatoms. The van der Waals surface area contributed by atoms with Crippen molar-refractivity contribution >= 4 is 16.6 Å². The second-order valence-corrected chi connectivity index (χ2v) is 5.13. The fourth-order valence-corrected chi connectivity index (χ4v) is 2.61. The van der Waals surface area contributed by atoms with E-state index in [0.717, 1.165) is 0 Å². The molecule has 0 bridgehead atoms. The van der Waals surface area contributed by atoms with E-state index < -0.39 is 16.6 Å². The van der Waals surface area contributed by atoms with Gasteiger partial charge in [-0.15, -0.1) is 0 Å². The van der Waals surface area contributed by atoms with Crippen LogP contribution in [0.3, 0.4) is 0 Å². The molecule has 92 valence electrons. The average molecular weight is 262 g/mol. The minimum Gasteiger partial charge on any atom is -0.293 e. The number of Topliss-reactive ketones (excluding diaryl/α,β-unsaturated/α-hetero) is 1. The average Bonchev–Trinajstić information content (AvgIpc) is 2.40. The van der Waals surface area contributed by atoms with Crippen molar-refractivity contribution in [1.82, 2.24) is 0 Å². The molecule has 2 nitrogen and oxygen atoms in total. The predicted octanol–water partition coefficient (Wildman–Crippen LogP) is 2.82. The molecule has 1 unspecified atom stereocenters. The minimum absolute atomic E-state index is 0.0711. The molecule has 2 rings (SSSR count). The van der Waals surface area contributed by atoms with Crippen LogP contribution in [-0.2, 0) is 10.8 Å². The molecule has 0 saturated heterocycles. The molecule has 0 saturated carbocycles. The number of carbonyl (C=O) groups excluding carboxylic acids is 1. The molecule has 2 aromatic carbocycles. The van der Waals surface area contributed by atoms with Gasteiger partial charge in [-0.3, -0.25) is 9.00 Å². The van der Waals surface area contributed by atoms with Gasteiger partial charge >= 0.3 is 0 Å². The Balaban J connectivity index is 2.14. The second kappa shape index (κ2) is 5.69. The second-order valence-electron chi connectivity index (χ2n) is 3.71. The zero-order chi connectivity index (χ0) is 13.0. The van der Waals surface area contributed by atoms with Crippen LogP contribution in [0.4, 0.5) is 4.39 Å². The smallest absolute Gasteiger partial charge is 0.175 e. The van der Waals surface area contributed by atoms with Gasteiger partial charge in [0, 0.05) is 5.56 Å². The van der Waals surface area contributed by atoms with E-state index in [1.165, 1.54) is 18.2 Å². The molecular formula is C14H11FO2S. The van der Waals surface area contributed by atoms with Crippen LogP contribution < -0.4 is 0 Å². The maximum absolute atomic E-state index is 13.4. The fraction of sp³-hybridized carbons (Fsp3) is 0.0714. The summed E-state index contributed by atoms with van der Waals surface area (Å²) in [7, 11) is -1.65. The highest BCUT2D eigenvalue weighted by Crippen LogP contribution is 2.13. The van der Waals surface area contributed by atoms with Gasteiger partial charge in [0.1, 0.15) is 5.82 Å². The zero-order valence-electron chi connectivity index (χ0n) is 9.51. The fourth-order valence-electron chi connectivity index (χ4n) is 1.53. The van der Waals surface area contributed by atoms with Gasteiger partial charge in [-0.2, -0.15) is 0 Å². The molecule has 1 atom stereocenters. The van der Waals surface area contributed by atoms with Gasteiger partial charge in [-0.25, -0.2) is 4.39 Å². The van der Waals surface area contributed by atoms with Gasteiger partial charge in [-0.05, 0) is 12.1 Å². The Morgan fingerprint density at radius 3 is 2.28 bits per heavy atom. The third-order valence-electron chi connectivity index (χ3n) is 2.44. The number of hydrogen-bond donors (Lipinski definition) is 0. The molecule has 0 radical (unpaired) electrons. The lowest BCUT2D eigenvalue weighted by Gasteiger charge is -2.03. The maximum Gasteiger partial charge on any atom is 0.175 e. The van der Waals surface area contributed by atoms with Crippen molar-refractivity contribution in [3.05, 3.63) is 66.0 Å². The molecule has 0 aliphatic heterocycles. The van der Waals surface area contributed by atoms with Gasteiger partial charge in [-0.1, -0.05) is 42.5 Å². The molecule has 0 aliphatic carbocycles. The first kappa shape index (κ1) is 12.6. The molecule has 0 amide bonds. The van der Waals surface area contributed by atoms with Crippen molar-refractivity contribution < 1.29 is 13.4 Å². The van der Waals surface area contributed by atoms with E-state index in [-0.39, 0.29) is 16.4 Å². The van der Waals surface area contributed by atoms with E-state index >= 15 is 0 Å². The lowest BCUT2D eigenvalue weighted by molar-refractivity contribution is 0.102. The first-order valence-corrected chi connectivity index (χ1v) is 6.71. The van der Waals surface area contributed by atoms with Crippen molar-refractivity contribution in [3.8, 4) is 0 Å². The summed E-state index contributed by atoms with van der Waals surface area (Å²) in [4.78, 5) is 11.9. The number of ketones is 1. The third-order valence-corrected chi connectivity index (χ3v) is 3.79. The quantitative estimate of drug-likeness (QED) is 0.794. The summed E-state index contributed by atoms with van der Waals surface area (Å²) >= 11 is 0. The van der Waals surface area contributed by atoms with Crippen LogP contribution in [0.2, 0.25) is 0 Å². The Labute approximate surface area is 107 Å². The van der Waals surface area contributed by atoms with Crippen molar-refractivity contribution in [2.45, 2.75) is 4.90 Å². The van der Waals surface area contributed by atoms with Gasteiger partial charge in [0.25, 0.3) is 0 Å². The Kier molecular flexibility index (Phi) is 3.99. The monoisotopic (exact) mass is 262 g/mol. The predicted molar refractivity (Wildman–Crippen MR) is 68.4 cm³/mol. The van der Waals surface area contributed by atoms with Crippen LogP contribution in [0.25, 0.3) is 0 Å². The van der Waals surface area contributed by atoms with Crippen LogP contribution in [0.5, 0.6) is 0 Å². The number of benzene rings is 2. The first-order valence-electron chi connectivity index (χ1n) is 5.39. The van der Waals surface area contributed by atoms with E-state index in [4.69, 9.17) is 0 Å². The number of halogens is 1. The molecule has 18 heavy (non-hydrogen) atoms. The highest BCUT2D eigenvalue weighted by molar-refractivity contribution is 7.85. The van der Waals surface area contributed by atoms with Gasteiger partial charge in [0.2, 0.25) is 0 Å². The molecule has 0 fully saturated rings. The highest BCUT2D eigenvalue weighted by atomic mass is 32.2. The normalized spacial score (nSPS) is 12.1. The van der Waals surface area contributed by atoms with Crippen LogP contribution in [0.1, 0.15) is 10.4 Å². The lowest BCUT2D eigenvalue weighted by atomic mass is 10.2. The Hall–Kier alpha value is -1.81. The Morgan fingerprint density at radius 1 is 1.00 bits per heavy atom. The lowest BCUT2D eigenvalue weighted by Crippen LogP contribution is -2.11. The van der Waals surface area contributed by atoms with Crippen LogP contribution in [0, 0.1) is 5.82 Å². The topological polar surface area (TPSA) is 34.1 Å². The summed E-state index contributed by atoms with van der Waals surface area (Å²) in [5, 5.41) is 0. The van der Waals surface area contributed by atoms with Crippen LogP contribution in [0.15, 0.2) is 59.5 Å². The largest absolute Gasteiger partial charge is 0.293 e. The van der Waals surface area contributed by atoms with Crippen molar-refractivity contribution in [1.29, 1.82) is 0 Å². The van der Waals surface area contributed by atoms with Crippen molar-refractivity contribution in [2.75, 3.05) is 5.75 Å². The number of hydrogen-bond acceptors (Lipinski definition) is 2. The van der Waals surface area contributed by atoms with Crippen molar-refractivity contribution in [2.24, 2.45) is 0 Å². The van der Waals surface area contributed by atoms with E-state index in [0.29, 0.717) is 5.56 Å². The molecule has 2 aromatic rings. The number of rotatable bonds is 4. The molecule has 0 N–H and O–H groups in total. The summed E-state index contributed by atoms with van der Waals surface area (Å²) in [5.41, 5.74) is 0.488. The molecule has 0 aromatic heterocycles. The summed E-state index contributed by atoms with van der Waals surface area (Å²) in [6, 6.07) is 14.4. The van der Waals surface area contributed by atoms with Crippen molar-refractivity contribution in [3.63, 3.8) is 0 Å². The van der Waals surface area contributed by atoms with E-state index in [9.17, 15) is 13.4 Å².